The number of aromatic nitrogens is 2. The van der Waals surface area contributed by atoms with E-state index in [1.165, 1.54) is 0 Å². The van der Waals surface area contributed by atoms with Crippen molar-refractivity contribution in [3.63, 3.8) is 0 Å². The molecule has 4 nitrogen and oxygen atoms in total. The fraction of sp³-hybridized carbons (Fsp3) is 0.0952. The molecule has 0 saturated carbocycles. The minimum absolute atomic E-state index is 0.140. The normalized spacial score (nSPS) is 15.3. The first kappa shape index (κ1) is 15.8. The molecule has 1 aliphatic heterocycles. The van der Waals surface area contributed by atoms with Gasteiger partial charge in [-0.05, 0) is 42.0 Å². The Balaban J connectivity index is 1.66. The van der Waals surface area contributed by atoms with Gasteiger partial charge in [0, 0.05) is 11.3 Å². The molecule has 0 radical (unpaired) electrons. The summed E-state index contributed by atoms with van der Waals surface area (Å²) in [5.41, 5.74) is 4.86. The van der Waals surface area contributed by atoms with Crippen LogP contribution in [0.15, 0.2) is 72.8 Å². The van der Waals surface area contributed by atoms with Gasteiger partial charge in [0.2, 0.25) is 0 Å². The number of nitrogens with zero attached hydrogens (tertiary/aromatic N) is 2. The first-order chi connectivity index (χ1) is 13.2. The van der Waals surface area contributed by atoms with E-state index >= 15 is 0 Å². The van der Waals surface area contributed by atoms with Crippen LogP contribution in [0.4, 0.5) is 14.5 Å². The molecule has 27 heavy (non-hydrogen) atoms. The Labute approximate surface area is 154 Å². The van der Waals surface area contributed by atoms with E-state index in [-0.39, 0.29) is 11.9 Å². The first-order valence-electron chi connectivity index (χ1n) is 8.58. The summed E-state index contributed by atoms with van der Waals surface area (Å²) in [5.74, 6) is 1.02. The smallest absolute Gasteiger partial charge is 0.387 e. The SMILES string of the molecule is FC(F)Oc1ccc(C2Nc3ccccc3-c3nc4ccccc4n32)cc1. The monoisotopic (exact) mass is 363 g/mol. The summed E-state index contributed by atoms with van der Waals surface area (Å²) in [6.45, 7) is -2.83. The average Bonchev–Trinajstić information content (AvgIpc) is 3.07. The fourth-order valence-electron chi connectivity index (χ4n) is 3.58. The maximum atomic E-state index is 12.4. The molecule has 1 aliphatic rings. The maximum absolute atomic E-state index is 12.4. The van der Waals surface area contributed by atoms with Crippen molar-refractivity contribution in [2.45, 2.75) is 12.8 Å². The van der Waals surface area contributed by atoms with Gasteiger partial charge in [-0.15, -0.1) is 0 Å². The number of halogens is 2. The number of alkyl halides is 2. The van der Waals surface area contributed by atoms with Crippen LogP contribution in [-0.2, 0) is 0 Å². The topological polar surface area (TPSA) is 39.1 Å². The molecule has 4 aromatic rings. The third kappa shape index (κ3) is 2.61. The van der Waals surface area contributed by atoms with Gasteiger partial charge in [0.25, 0.3) is 0 Å². The van der Waals surface area contributed by atoms with Gasteiger partial charge in [-0.25, -0.2) is 4.98 Å². The van der Waals surface area contributed by atoms with Crippen LogP contribution in [0.5, 0.6) is 5.75 Å². The lowest BCUT2D eigenvalue weighted by atomic mass is 10.1. The molecule has 1 aromatic heterocycles. The highest BCUT2D eigenvalue weighted by Gasteiger charge is 2.27. The largest absolute Gasteiger partial charge is 0.435 e. The lowest BCUT2D eigenvalue weighted by molar-refractivity contribution is -0.0498. The van der Waals surface area contributed by atoms with Crippen molar-refractivity contribution in [1.29, 1.82) is 0 Å². The number of imidazole rings is 1. The highest BCUT2D eigenvalue weighted by Crippen LogP contribution is 2.40. The number of fused-ring (bicyclic) bond motifs is 5. The third-order valence-electron chi connectivity index (χ3n) is 4.74. The summed E-state index contributed by atoms with van der Waals surface area (Å²) in [5, 5.41) is 3.54. The van der Waals surface area contributed by atoms with Crippen LogP contribution >= 0.6 is 0 Å². The number of para-hydroxylation sites is 3. The van der Waals surface area contributed by atoms with Crippen LogP contribution in [0.25, 0.3) is 22.4 Å². The molecule has 0 bridgehead atoms. The number of anilines is 1. The predicted octanol–water partition coefficient (Wildman–Crippen LogP) is 5.28. The molecule has 3 aromatic carbocycles. The quantitative estimate of drug-likeness (QED) is 0.538. The third-order valence-corrected chi connectivity index (χ3v) is 4.74. The molecule has 2 heterocycles. The van der Waals surface area contributed by atoms with Crippen molar-refractivity contribution < 1.29 is 13.5 Å². The molecule has 0 saturated heterocycles. The zero-order valence-electron chi connectivity index (χ0n) is 14.1. The van der Waals surface area contributed by atoms with Gasteiger partial charge in [-0.3, -0.25) is 4.57 Å². The van der Waals surface area contributed by atoms with E-state index in [0.717, 1.165) is 33.7 Å². The van der Waals surface area contributed by atoms with Crippen molar-refractivity contribution in [1.82, 2.24) is 9.55 Å². The van der Waals surface area contributed by atoms with Gasteiger partial charge < -0.3 is 10.1 Å². The Morgan fingerprint density at radius 1 is 0.926 bits per heavy atom. The number of nitrogens with one attached hydrogen (secondary N) is 1. The molecule has 1 atom stereocenters. The Kier molecular flexibility index (Phi) is 3.57. The van der Waals surface area contributed by atoms with Gasteiger partial charge in [-0.1, -0.05) is 36.4 Å². The molecule has 1 unspecified atom stereocenters. The molecule has 5 rings (SSSR count). The first-order valence-corrected chi connectivity index (χ1v) is 8.58. The molecule has 0 fully saturated rings. The molecule has 0 aliphatic carbocycles. The number of hydrogen-bond donors (Lipinski definition) is 1. The Morgan fingerprint density at radius 3 is 2.48 bits per heavy atom. The van der Waals surface area contributed by atoms with E-state index in [2.05, 4.69) is 14.6 Å². The number of hydrogen-bond acceptors (Lipinski definition) is 3. The fourth-order valence-corrected chi connectivity index (χ4v) is 3.58. The van der Waals surface area contributed by atoms with E-state index in [4.69, 9.17) is 4.98 Å². The minimum atomic E-state index is -2.83. The molecule has 134 valence electrons. The second-order valence-electron chi connectivity index (χ2n) is 6.33. The Morgan fingerprint density at radius 2 is 1.67 bits per heavy atom. The number of rotatable bonds is 3. The van der Waals surface area contributed by atoms with Crippen molar-refractivity contribution in [3.8, 4) is 17.1 Å². The van der Waals surface area contributed by atoms with Crippen LogP contribution < -0.4 is 10.1 Å². The lowest BCUT2D eigenvalue weighted by Crippen LogP contribution is -2.24. The summed E-state index contributed by atoms with van der Waals surface area (Å²) in [4.78, 5) is 4.83. The van der Waals surface area contributed by atoms with Gasteiger partial charge in [0.15, 0.2) is 0 Å². The van der Waals surface area contributed by atoms with Gasteiger partial charge in [-0.2, -0.15) is 8.78 Å². The second kappa shape index (κ2) is 6.09. The number of benzene rings is 3. The highest BCUT2D eigenvalue weighted by atomic mass is 19.3. The van der Waals surface area contributed by atoms with Crippen LogP contribution in [-0.4, -0.2) is 16.2 Å². The Hall–Kier alpha value is -3.41. The van der Waals surface area contributed by atoms with Crippen LogP contribution in [0, 0.1) is 0 Å². The predicted molar refractivity (Wildman–Crippen MR) is 100 cm³/mol. The van der Waals surface area contributed by atoms with E-state index in [0.29, 0.717) is 0 Å². The molecular weight excluding hydrogens is 348 g/mol. The zero-order valence-corrected chi connectivity index (χ0v) is 14.1. The van der Waals surface area contributed by atoms with Crippen molar-refractivity contribution in [2.24, 2.45) is 0 Å². The van der Waals surface area contributed by atoms with Crippen LogP contribution in [0.1, 0.15) is 11.7 Å². The highest BCUT2D eigenvalue weighted by molar-refractivity contribution is 5.86. The maximum Gasteiger partial charge on any atom is 0.387 e. The van der Waals surface area contributed by atoms with Crippen LogP contribution in [0.2, 0.25) is 0 Å². The summed E-state index contributed by atoms with van der Waals surface area (Å²) in [7, 11) is 0. The lowest BCUT2D eigenvalue weighted by Gasteiger charge is -2.30. The van der Waals surface area contributed by atoms with E-state index in [1.54, 1.807) is 24.3 Å². The summed E-state index contributed by atoms with van der Waals surface area (Å²) in [6.07, 6.45) is -0.206. The van der Waals surface area contributed by atoms with Gasteiger partial charge in [0.1, 0.15) is 17.7 Å². The van der Waals surface area contributed by atoms with Gasteiger partial charge in [0.05, 0.1) is 11.0 Å². The van der Waals surface area contributed by atoms with Crippen molar-refractivity contribution in [2.75, 3.05) is 5.32 Å². The standard InChI is InChI=1S/C21H15F2N3O/c22-21(23)27-14-11-9-13(10-12-14)19-24-16-6-2-1-5-15(16)20-25-17-7-3-4-8-18(17)26(19)20/h1-12,19,21,24H. The molecule has 0 spiro atoms. The van der Waals surface area contributed by atoms with E-state index in [1.807, 2.05) is 48.5 Å². The average molecular weight is 363 g/mol. The summed E-state index contributed by atoms with van der Waals surface area (Å²) < 4.78 is 31.5. The van der Waals surface area contributed by atoms with Crippen LogP contribution in [0.3, 0.4) is 0 Å². The van der Waals surface area contributed by atoms with Gasteiger partial charge >= 0.3 is 6.61 Å². The second-order valence-corrected chi connectivity index (χ2v) is 6.33. The van der Waals surface area contributed by atoms with Crippen molar-refractivity contribution in [3.05, 3.63) is 78.4 Å². The zero-order chi connectivity index (χ0) is 18.4. The Bertz CT molecular complexity index is 1120. The summed E-state index contributed by atoms with van der Waals surface area (Å²) >= 11 is 0. The molecule has 0 amide bonds. The van der Waals surface area contributed by atoms with E-state index < -0.39 is 6.61 Å². The van der Waals surface area contributed by atoms with E-state index in [9.17, 15) is 8.78 Å². The molecule has 6 heteroatoms. The number of ether oxygens (including phenoxy) is 1. The molecular formula is C21H15F2N3O. The summed E-state index contributed by atoms with van der Waals surface area (Å²) in [6, 6.07) is 22.7. The molecule has 1 N–H and O–H groups in total. The minimum Gasteiger partial charge on any atom is -0.435 e. The van der Waals surface area contributed by atoms with Crippen molar-refractivity contribution >= 4 is 16.7 Å².